The Labute approximate surface area is 224 Å². The van der Waals surface area contributed by atoms with Crippen LogP contribution in [0, 0.1) is 6.92 Å². The average Bonchev–Trinajstić information content (AvgIpc) is 3.34. The number of carboxylic acids is 1. The number of carbonyl (C=O) groups excluding carboxylic acids is 1. The second-order valence-corrected chi connectivity index (χ2v) is 9.19. The Hall–Kier alpha value is -4.75. The maximum Gasteiger partial charge on any atom is 0.337 e. The fraction of sp³-hybridized carbons (Fsp3) is 0.0667. The number of rotatable bonds is 7. The Balaban J connectivity index is 1.46. The zero-order valence-electron chi connectivity index (χ0n) is 20.7. The molecule has 0 radical (unpaired) electrons. The molecule has 5 rings (SSSR count). The number of aryl methyl sites for hydroxylation is 1. The van der Waals surface area contributed by atoms with Gasteiger partial charge in [-0.05, 0) is 67.6 Å². The molecule has 38 heavy (non-hydrogen) atoms. The largest absolute Gasteiger partial charge is 0.478 e. The minimum atomic E-state index is -1.16. The number of pyridine rings is 1. The van der Waals surface area contributed by atoms with Crippen LogP contribution in [0.15, 0.2) is 97.2 Å². The van der Waals surface area contributed by atoms with Crippen LogP contribution in [-0.2, 0) is 0 Å². The molecule has 5 aromatic rings. The second-order valence-electron chi connectivity index (χ2n) is 8.75. The van der Waals surface area contributed by atoms with E-state index in [2.05, 4.69) is 10.1 Å². The lowest BCUT2D eigenvalue weighted by Gasteiger charge is -2.19. The van der Waals surface area contributed by atoms with Gasteiger partial charge in [-0.15, -0.1) is 0 Å². The average molecular weight is 523 g/mol. The monoisotopic (exact) mass is 522 g/mol. The Morgan fingerprint density at radius 1 is 0.895 bits per heavy atom. The van der Waals surface area contributed by atoms with Crippen molar-refractivity contribution < 1.29 is 14.7 Å². The third kappa shape index (κ3) is 4.92. The van der Waals surface area contributed by atoms with Crippen molar-refractivity contribution in [2.24, 2.45) is 0 Å². The molecular weight excluding hydrogens is 500 g/mol. The molecular formula is C30H23ClN4O3. The first kappa shape index (κ1) is 24.9. The van der Waals surface area contributed by atoms with E-state index in [4.69, 9.17) is 11.6 Å². The third-order valence-corrected chi connectivity index (χ3v) is 6.45. The number of carboxylic acid groups (broad SMARTS) is 1. The fourth-order valence-electron chi connectivity index (χ4n) is 4.21. The van der Waals surface area contributed by atoms with E-state index in [0.717, 1.165) is 28.3 Å². The van der Waals surface area contributed by atoms with Crippen LogP contribution in [0.4, 0.5) is 11.4 Å². The van der Waals surface area contributed by atoms with Gasteiger partial charge in [0.05, 0.1) is 34.5 Å². The molecule has 0 aliphatic rings. The van der Waals surface area contributed by atoms with Gasteiger partial charge >= 0.3 is 5.97 Å². The molecule has 0 saturated heterocycles. The number of ketones is 1. The van der Waals surface area contributed by atoms with Gasteiger partial charge in [0.25, 0.3) is 0 Å². The van der Waals surface area contributed by atoms with Crippen molar-refractivity contribution >= 4 is 34.7 Å². The van der Waals surface area contributed by atoms with Gasteiger partial charge in [-0.2, -0.15) is 5.10 Å². The standard InChI is InChI=1S/C30H23ClN4O3/c1-19-16-28(20-6-4-3-5-7-20)35(33-19)27-15-8-21(17-25(27)30(37)38)29(36)26-14-13-24(18-32-26)34(2)23-11-9-22(31)10-12-23/h3-18H,1-2H3,(H,37,38). The van der Waals surface area contributed by atoms with E-state index in [-0.39, 0.29) is 22.6 Å². The number of benzene rings is 3. The van der Waals surface area contributed by atoms with Crippen LogP contribution in [-0.4, -0.2) is 38.7 Å². The van der Waals surface area contributed by atoms with Crippen LogP contribution < -0.4 is 4.90 Å². The molecule has 1 N–H and O–H groups in total. The highest BCUT2D eigenvalue weighted by Crippen LogP contribution is 2.28. The van der Waals surface area contributed by atoms with Crippen molar-refractivity contribution in [2.45, 2.75) is 6.92 Å². The lowest BCUT2D eigenvalue weighted by atomic mass is 10.0. The third-order valence-electron chi connectivity index (χ3n) is 6.20. The molecule has 2 aromatic heterocycles. The molecule has 0 unspecified atom stereocenters. The Morgan fingerprint density at radius 3 is 2.26 bits per heavy atom. The Morgan fingerprint density at radius 2 is 1.61 bits per heavy atom. The summed E-state index contributed by atoms with van der Waals surface area (Å²) in [6.07, 6.45) is 1.60. The van der Waals surface area contributed by atoms with E-state index in [9.17, 15) is 14.7 Å². The number of anilines is 2. The molecule has 7 nitrogen and oxygen atoms in total. The highest BCUT2D eigenvalue weighted by atomic mass is 35.5. The fourth-order valence-corrected chi connectivity index (χ4v) is 4.34. The summed E-state index contributed by atoms with van der Waals surface area (Å²) < 4.78 is 1.60. The molecule has 3 aromatic carbocycles. The first-order valence-corrected chi connectivity index (χ1v) is 12.2. The van der Waals surface area contributed by atoms with Gasteiger partial charge in [-0.25, -0.2) is 9.48 Å². The van der Waals surface area contributed by atoms with Crippen LogP contribution in [0.25, 0.3) is 16.9 Å². The highest BCUT2D eigenvalue weighted by molar-refractivity contribution is 6.30. The number of halogens is 1. The molecule has 0 fully saturated rings. The van der Waals surface area contributed by atoms with Crippen molar-refractivity contribution in [1.29, 1.82) is 0 Å². The van der Waals surface area contributed by atoms with E-state index in [0.29, 0.717) is 10.7 Å². The topological polar surface area (TPSA) is 88.3 Å². The minimum Gasteiger partial charge on any atom is -0.478 e. The summed E-state index contributed by atoms with van der Waals surface area (Å²) in [5.41, 5.74) is 4.87. The molecule has 0 atom stereocenters. The predicted octanol–water partition coefficient (Wildman–Crippen LogP) is 6.59. The first-order chi connectivity index (χ1) is 18.3. The SMILES string of the molecule is Cc1cc(-c2ccccc2)n(-c2ccc(C(=O)c3ccc(N(C)c4ccc(Cl)cc4)cn3)cc2C(=O)O)n1. The minimum absolute atomic E-state index is 0.0322. The van der Waals surface area contributed by atoms with Crippen molar-refractivity contribution in [3.63, 3.8) is 0 Å². The molecule has 2 heterocycles. The van der Waals surface area contributed by atoms with Gasteiger partial charge in [-0.1, -0.05) is 41.9 Å². The summed E-state index contributed by atoms with van der Waals surface area (Å²) in [4.78, 5) is 31.8. The Bertz CT molecular complexity index is 1630. The predicted molar refractivity (Wildman–Crippen MR) is 148 cm³/mol. The number of aromatic nitrogens is 3. The molecule has 0 aliphatic carbocycles. The van der Waals surface area contributed by atoms with Gasteiger partial charge in [0.1, 0.15) is 5.69 Å². The maximum absolute atomic E-state index is 13.2. The number of hydrogen-bond acceptors (Lipinski definition) is 5. The summed E-state index contributed by atoms with van der Waals surface area (Å²) in [5.74, 6) is -1.53. The lowest BCUT2D eigenvalue weighted by Crippen LogP contribution is -2.12. The van der Waals surface area contributed by atoms with E-state index >= 15 is 0 Å². The van der Waals surface area contributed by atoms with Gasteiger partial charge < -0.3 is 10.0 Å². The van der Waals surface area contributed by atoms with Crippen LogP contribution in [0.3, 0.4) is 0 Å². The zero-order valence-corrected chi connectivity index (χ0v) is 21.4. The summed E-state index contributed by atoms with van der Waals surface area (Å²) >= 11 is 5.98. The maximum atomic E-state index is 13.2. The van der Waals surface area contributed by atoms with Crippen molar-refractivity contribution in [3.8, 4) is 16.9 Å². The number of aromatic carboxylic acids is 1. The van der Waals surface area contributed by atoms with Crippen molar-refractivity contribution in [1.82, 2.24) is 14.8 Å². The van der Waals surface area contributed by atoms with Crippen molar-refractivity contribution in [2.75, 3.05) is 11.9 Å². The van der Waals surface area contributed by atoms with E-state index in [1.807, 2.05) is 67.4 Å². The Kier molecular flexibility index (Phi) is 6.77. The summed E-state index contributed by atoms with van der Waals surface area (Å²) in [7, 11) is 1.89. The van der Waals surface area contributed by atoms with E-state index in [1.54, 1.807) is 47.3 Å². The molecule has 0 spiro atoms. The smallest absolute Gasteiger partial charge is 0.337 e. The summed E-state index contributed by atoms with van der Waals surface area (Å²) in [6.45, 7) is 1.85. The number of nitrogens with zero attached hydrogens (tertiary/aromatic N) is 4. The second kappa shape index (κ2) is 10.3. The molecule has 8 heteroatoms. The molecule has 0 bridgehead atoms. The highest BCUT2D eigenvalue weighted by Gasteiger charge is 2.20. The van der Waals surface area contributed by atoms with Crippen LogP contribution in [0.5, 0.6) is 0 Å². The van der Waals surface area contributed by atoms with Crippen LogP contribution in [0.1, 0.15) is 32.1 Å². The number of hydrogen-bond donors (Lipinski definition) is 1. The van der Waals surface area contributed by atoms with Gasteiger partial charge in [-0.3, -0.25) is 9.78 Å². The molecule has 188 valence electrons. The molecule has 0 saturated carbocycles. The van der Waals surface area contributed by atoms with Gasteiger partial charge in [0.2, 0.25) is 5.78 Å². The quantitative estimate of drug-likeness (QED) is 0.242. The first-order valence-electron chi connectivity index (χ1n) is 11.8. The van der Waals surface area contributed by atoms with Crippen LogP contribution >= 0.6 is 11.6 Å². The number of carbonyl (C=O) groups is 2. The zero-order chi connectivity index (χ0) is 26.8. The molecule has 0 aliphatic heterocycles. The summed E-state index contributed by atoms with van der Waals surface area (Å²) in [5, 5.41) is 15.2. The normalized spacial score (nSPS) is 10.8. The van der Waals surface area contributed by atoms with Crippen LogP contribution in [0.2, 0.25) is 5.02 Å². The van der Waals surface area contributed by atoms with E-state index < -0.39 is 5.97 Å². The van der Waals surface area contributed by atoms with E-state index in [1.165, 1.54) is 6.07 Å². The summed E-state index contributed by atoms with van der Waals surface area (Å²) in [6, 6.07) is 26.9. The van der Waals surface area contributed by atoms with Gasteiger partial charge in [0, 0.05) is 28.9 Å². The van der Waals surface area contributed by atoms with Crippen molar-refractivity contribution in [3.05, 3.63) is 125 Å². The molecule has 0 amide bonds. The lowest BCUT2D eigenvalue weighted by molar-refractivity contribution is 0.0696. The van der Waals surface area contributed by atoms with Gasteiger partial charge in [0.15, 0.2) is 0 Å².